The van der Waals surface area contributed by atoms with Crippen molar-refractivity contribution in [2.24, 2.45) is 0 Å². The molecule has 23 heavy (non-hydrogen) atoms. The van der Waals surface area contributed by atoms with Gasteiger partial charge < -0.3 is 5.32 Å². The summed E-state index contributed by atoms with van der Waals surface area (Å²) in [6, 6.07) is 14.7. The molecule has 0 fully saturated rings. The third-order valence-electron chi connectivity index (χ3n) is 3.96. The van der Waals surface area contributed by atoms with Gasteiger partial charge in [-0.25, -0.2) is 0 Å². The Bertz CT molecular complexity index is 679. The highest BCUT2D eigenvalue weighted by Crippen LogP contribution is 2.25. The zero-order chi connectivity index (χ0) is 17.0. The Hall–Kier alpha value is -1.74. The van der Waals surface area contributed by atoms with E-state index >= 15 is 0 Å². The van der Waals surface area contributed by atoms with Crippen molar-refractivity contribution in [3.05, 3.63) is 64.7 Å². The molecule has 2 atom stereocenters. The molecule has 0 aliphatic carbocycles. The molecule has 2 aromatic carbocycles. The second kappa shape index (κ2) is 7.69. The molecule has 0 saturated carbocycles. The van der Waals surface area contributed by atoms with Gasteiger partial charge in [-0.2, -0.15) is 0 Å². The first-order valence-electron chi connectivity index (χ1n) is 7.97. The molecule has 122 valence electrons. The van der Waals surface area contributed by atoms with Gasteiger partial charge in [-0.15, -0.1) is 11.8 Å². The van der Waals surface area contributed by atoms with E-state index in [2.05, 4.69) is 68.6 Å². The minimum Gasteiger partial charge on any atom is -0.349 e. The largest absolute Gasteiger partial charge is 0.349 e. The van der Waals surface area contributed by atoms with Gasteiger partial charge in [0.25, 0.3) is 0 Å². The van der Waals surface area contributed by atoms with Crippen LogP contribution in [0.5, 0.6) is 0 Å². The summed E-state index contributed by atoms with van der Waals surface area (Å²) in [6.07, 6.45) is 0. The molecular formula is C20H25NOS. The highest BCUT2D eigenvalue weighted by molar-refractivity contribution is 8.00. The van der Waals surface area contributed by atoms with Crippen LogP contribution in [0.2, 0.25) is 0 Å². The number of hydrogen-bond donors (Lipinski definition) is 1. The smallest absolute Gasteiger partial charge is 0.233 e. The Labute approximate surface area is 143 Å². The molecule has 0 spiro atoms. The highest BCUT2D eigenvalue weighted by atomic mass is 32.2. The molecule has 2 rings (SSSR count). The van der Waals surface area contributed by atoms with Crippen LogP contribution in [0.1, 0.15) is 42.1 Å². The van der Waals surface area contributed by atoms with E-state index < -0.39 is 0 Å². The minimum atomic E-state index is -0.120. The van der Waals surface area contributed by atoms with Crippen molar-refractivity contribution in [3.63, 3.8) is 0 Å². The molecule has 3 heteroatoms. The number of rotatable bonds is 5. The number of amides is 1. The van der Waals surface area contributed by atoms with Crippen LogP contribution in [-0.2, 0) is 4.79 Å². The molecule has 0 radical (unpaired) electrons. The lowest BCUT2D eigenvalue weighted by molar-refractivity contribution is -0.120. The van der Waals surface area contributed by atoms with E-state index in [1.165, 1.54) is 22.3 Å². The van der Waals surface area contributed by atoms with Gasteiger partial charge in [0.1, 0.15) is 0 Å². The van der Waals surface area contributed by atoms with E-state index in [0.29, 0.717) is 0 Å². The average molecular weight is 327 g/mol. The van der Waals surface area contributed by atoms with Crippen LogP contribution in [0.4, 0.5) is 0 Å². The first-order valence-corrected chi connectivity index (χ1v) is 8.85. The number of carbonyl (C=O) groups excluding carboxylic acids is 1. The van der Waals surface area contributed by atoms with Gasteiger partial charge in [-0.3, -0.25) is 4.79 Å². The van der Waals surface area contributed by atoms with Gasteiger partial charge >= 0.3 is 0 Å². The Kier molecular flexibility index (Phi) is 5.89. The minimum absolute atomic E-state index is 0.0171. The normalized spacial score (nSPS) is 13.4. The molecule has 0 heterocycles. The number of carbonyl (C=O) groups is 1. The number of thioether (sulfide) groups is 1. The van der Waals surface area contributed by atoms with E-state index in [1.807, 2.05) is 13.8 Å². The average Bonchev–Trinajstić information content (AvgIpc) is 2.51. The van der Waals surface area contributed by atoms with E-state index in [9.17, 15) is 4.79 Å². The topological polar surface area (TPSA) is 29.1 Å². The van der Waals surface area contributed by atoms with Crippen LogP contribution in [0.3, 0.4) is 0 Å². The number of benzene rings is 2. The maximum Gasteiger partial charge on any atom is 0.233 e. The fraction of sp³-hybridized carbons (Fsp3) is 0.350. The van der Waals surface area contributed by atoms with Gasteiger partial charge in [0, 0.05) is 4.90 Å². The summed E-state index contributed by atoms with van der Waals surface area (Å²) in [5.74, 6) is 0.0731. The summed E-state index contributed by atoms with van der Waals surface area (Å²) in [4.78, 5) is 13.6. The molecule has 0 unspecified atom stereocenters. The number of aryl methyl sites for hydroxylation is 3. The van der Waals surface area contributed by atoms with Crippen LogP contribution >= 0.6 is 11.8 Å². The van der Waals surface area contributed by atoms with Crippen LogP contribution in [0.15, 0.2) is 47.4 Å². The third kappa shape index (κ3) is 4.87. The Morgan fingerprint density at radius 2 is 1.57 bits per heavy atom. The highest BCUT2D eigenvalue weighted by Gasteiger charge is 2.18. The quantitative estimate of drug-likeness (QED) is 0.786. The molecule has 0 saturated heterocycles. The number of nitrogens with one attached hydrogen (secondary N) is 1. The molecule has 1 N–H and O–H groups in total. The van der Waals surface area contributed by atoms with Gasteiger partial charge in [0.15, 0.2) is 0 Å². The first-order chi connectivity index (χ1) is 10.9. The Morgan fingerprint density at radius 1 is 0.957 bits per heavy atom. The number of hydrogen-bond acceptors (Lipinski definition) is 2. The van der Waals surface area contributed by atoms with Crippen molar-refractivity contribution in [3.8, 4) is 0 Å². The summed E-state index contributed by atoms with van der Waals surface area (Å²) in [7, 11) is 0. The van der Waals surface area contributed by atoms with Crippen LogP contribution in [-0.4, -0.2) is 11.2 Å². The van der Waals surface area contributed by atoms with Crippen molar-refractivity contribution in [2.45, 2.75) is 50.8 Å². The molecular weight excluding hydrogens is 302 g/mol. The zero-order valence-corrected chi connectivity index (χ0v) is 15.3. The second-order valence-corrected chi connectivity index (χ2v) is 7.58. The molecule has 0 bridgehead atoms. The van der Waals surface area contributed by atoms with Crippen LogP contribution in [0, 0.1) is 20.8 Å². The first kappa shape index (κ1) is 17.6. The Balaban J connectivity index is 2.00. The fourth-order valence-electron chi connectivity index (χ4n) is 2.51. The fourth-order valence-corrected chi connectivity index (χ4v) is 3.39. The van der Waals surface area contributed by atoms with E-state index in [4.69, 9.17) is 0 Å². The lowest BCUT2D eigenvalue weighted by Crippen LogP contribution is -2.33. The predicted molar refractivity (Wildman–Crippen MR) is 99.0 cm³/mol. The molecule has 0 aliphatic rings. The van der Waals surface area contributed by atoms with E-state index in [0.717, 1.165) is 4.90 Å². The third-order valence-corrected chi connectivity index (χ3v) is 5.08. The van der Waals surface area contributed by atoms with Crippen LogP contribution < -0.4 is 5.32 Å². The predicted octanol–water partition coefficient (Wildman–Crippen LogP) is 4.97. The summed E-state index contributed by atoms with van der Waals surface area (Å²) in [5.41, 5.74) is 4.84. The monoisotopic (exact) mass is 327 g/mol. The van der Waals surface area contributed by atoms with Crippen molar-refractivity contribution in [1.82, 2.24) is 5.32 Å². The van der Waals surface area contributed by atoms with Crippen molar-refractivity contribution < 1.29 is 4.79 Å². The van der Waals surface area contributed by atoms with Gasteiger partial charge in [0.05, 0.1) is 11.3 Å². The van der Waals surface area contributed by atoms with Crippen molar-refractivity contribution in [2.75, 3.05) is 0 Å². The molecule has 2 aromatic rings. The standard InChI is InChI=1S/C20H25NOS/c1-13-7-10-18(11-8-13)23-17(5)20(22)21-16(4)19-12-14(2)6-9-15(19)3/h6-12,16-17H,1-5H3,(H,21,22)/t16-,17-/m0/s1. The van der Waals surface area contributed by atoms with Gasteiger partial charge in [-0.05, 0) is 57.9 Å². The summed E-state index contributed by atoms with van der Waals surface area (Å²) in [5, 5.41) is 3.02. The Morgan fingerprint density at radius 3 is 2.22 bits per heavy atom. The molecule has 0 aromatic heterocycles. The van der Waals surface area contributed by atoms with Crippen molar-refractivity contribution in [1.29, 1.82) is 0 Å². The maximum atomic E-state index is 12.5. The zero-order valence-electron chi connectivity index (χ0n) is 14.5. The second-order valence-electron chi connectivity index (χ2n) is 6.16. The summed E-state index contributed by atoms with van der Waals surface area (Å²) >= 11 is 1.59. The maximum absolute atomic E-state index is 12.5. The summed E-state index contributed by atoms with van der Waals surface area (Å²) < 4.78 is 0. The molecule has 1 amide bonds. The molecule has 2 nitrogen and oxygen atoms in total. The van der Waals surface area contributed by atoms with Gasteiger partial charge in [0.2, 0.25) is 5.91 Å². The SMILES string of the molecule is Cc1ccc(S[C@@H](C)C(=O)N[C@@H](C)c2cc(C)ccc2C)cc1. The van der Waals surface area contributed by atoms with Crippen molar-refractivity contribution >= 4 is 17.7 Å². The van der Waals surface area contributed by atoms with E-state index in [1.54, 1.807) is 11.8 Å². The lowest BCUT2D eigenvalue weighted by atomic mass is 10.00. The lowest BCUT2D eigenvalue weighted by Gasteiger charge is -2.20. The van der Waals surface area contributed by atoms with Crippen LogP contribution in [0.25, 0.3) is 0 Å². The summed E-state index contributed by atoms with van der Waals surface area (Å²) in [6.45, 7) is 10.2. The van der Waals surface area contributed by atoms with E-state index in [-0.39, 0.29) is 17.2 Å². The van der Waals surface area contributed by atoms with Gasteiger partial charge in [-0.1, -0.05) is 41.5 Å². The molecule has 0 aliphatic heterocycles.